The molecule has 2 aromatic carbocycles. The molecule has 0 saturated carbocycles. The molecule has 0 saturated heterocycles. The molecule has 3 heteroatoms. The summed E-state index contributed by atoms with van der Waals surface area (Å²) in [4.78, 5) is 0. The third kappa shape index (κ3) is 3.76. The highest BCUT2D eigenvalue weighted by Gasteiger charge is 2.06. The van der Waals surface area contributed by atoms with Gasteiger partial charge >= 0.3 is 0 Å². The number of anilines is 1. The van der Waals surface area contributed by atoms with Crippen molar-refractivity contribution in [3.63, 3.8) is 0 Å². The molecule has 0 aliphatic rings. The van der Waals surface area contributed by atoms with Gasteiger partial charge in [0.2, 0.25) is 0 Å². The molecule has 20 heavy (non-hydrogen) atoms. The predicted octanol–water partition coefficient (Wildman–Crippen LogP) is 5.04. The van der Waals surface area contributed by atoms with E-state index < -0.39 is 0 Å². The van der Waals surface area contributed by atoms with Crippen LogP contribution in [0.25, 0.3) is 0 Å². The minimum absolute atomic E-state index is 0.500. The Labute approximate surface area is 129 Å². The molecule has 0 fully saturated rings. The number of nitrogens with two attached hydrogens (primary N) is 1. The van der Waals surface area contributed by atoms with Crippen LogP contribution >= 0.6 is 15.9 Å². The number of halogens is 1. The number of hydrogen-bond donors (Lipinski definition) is 1. The van der Waals surface area contributed by atoms with Crippen LogP contribution in [0.5, 0.6) is 5.75 Å². The maximum absolute atomic E-state index is 5.95. The molecular weight excluding hydrogens is 314 g/mol. The zero-order chi connectivity index (χ0) is 14.7. The molecule has 0 aliphatic carbocycles. The fourth-order valence-electron chi connectivity index (χ4n) is 2.05. The average Bonchev–Trinajstić information content (AvgIpc) is 2.36. The summed E-state index contributed by atoms with van der Waals surface area (Å²) in [6.07, 6.45) is 0. The molecule has 0 radical (unpaired) electrons. The molecule has 0 aromatic heterocycles. The summed E-state index contributed by atoms with van der Waals surface area (Å²) in [7, 11) is 0. The molecule has 0 heterocycles. The van der Waals surface area contributed by atoms with Gasteiger partial charge in [-0.05, 0) is 53.8 Å². The third-order valence-corrected chi connectivity index (χ3v) is 3.71. The van der Waals surface area contributed by atoms with E-state index in [1.807, 2.05) is 18.2 Å². The normalized spacial score (nSPS) is 10.8. The summed E-state index contributed by atoms with van der Waals surface area (Å²) in [5.41, 5.74) is 10.1. The molecule has 0 amide bonds. The lowest BCUT2D eigenvalue weighted by molar-refractivity contribution is 0.303. The van der Waals surface area contributed by atoms with Crippen LogP contribution in [0.3, 0.4) is 0 Å². The van der Waals surface area contributed by atoms with Crippen molar-refractivity contribution in [3.8, 4) is 5.75 Å². The highest BCUT2D eigenvalue weighted by molar-refractivity contribution is 9.10. The smallest absolute Gasteiger partial charge is 0.122 e. The number of rotatable bonds is 4. The summed E-state index contributed by atoms with van der Waals surface area (Å²) in [6.45, 7) is 6.95. The highest BCUT2D eigenvalue weighted by Crippen LogP contribution is 2.26. The van der Waals surface area contributed by atoms with Crippen molar-refractivity contribution in [1.29, 1.82) is 0 Å². The monoisotopic (exact) mass is 333 g/mol. The maximum Gasteiger partial charge on any atom is 0.122 e. The first-order valence-electron chi connectivity index (χ1n) is 6.74. The van der Waals surface area contributed by atoms with Gasteiger partial charge in [0, 0.05) is 10.2 Å². The van der Waals surface area contributed by atoms with E-state index in [0.29, 0.717) is 12.5 Å². The lowest BCUT2D eigenvalue weighted by Gasteiger charge is -2.13. The Kier molecular flexibility index (Phi) is 4.71. The van der Waals surface area contributed by atoms with Gasteiger partial charge in [0.15, 0.2) is 0 Å². The molecule has 2 N–H and O–H groups in total. The van der Waals surface area contributed by atoms with Crippen LogP contribution in [0, 0.1) is 6.92 Å². The van der Waals surface area contributed by atoms with Crippen molar-refractivity contribution >= 4 is 21.6 Å². The van der Waals surface area contributed by atoms with Crippen LogP contribution in [0.1, 0.15) is 36.5 Å². The van der Waals surface area contributed by atoms with Gasteiger partial charge in [-0.3, -0.25) is 0 Å². The summed E-state index contributed by atoms with van der Waals surface area (Å²) < 4.78 is 6.92. The van der Waals surface area contributed by atoms with E-state index >= 15 is 0 Å². The first-order chi connectivity index (χ1) is 9.45. The van der Waals surface area contributed by atoms with Gasteiger partial charge < -0.3 is 10.5 Å². The van der Waals surface area contributed by atoms with Crippen LogP contribution in [0.2, 0.25) is 0 Å². The number of nitrogen functional groups attached to an aromatic ring is 1. The second-order valence-corrected chi connectivity index (χ2v) is 6.28. The fourth-order valence-corrected chi connectivity index (χ4v) is 2.61. The zero-order valence-electron chi connectivity index (χ0n) is 12.1. The van der Waals surface area contributed by atoms with Gasteiger partial charge in [-0.25, -0.2) is 0 Å². The largest absolute Gasteiger partial charge is 0.489 e. The molecule has 2 nitrogen and oxygen atoms in total. The van der Waals surface area contributed by atoms with Crippen LogP contribution in [0.4, 0.5) is 5.69 Å². The van der Waals surface area contributed by atoms with Crippen molar-refractivity contribution in [3.05, 3.63) is 57.6 Å². The first kappa shape index (κ1) is 14.9. The Balaban J connectivity index is 2.16. The van der Waals surface area contributed by atoms with Gasteiger partial charge in [0.1, 0.15) is 12.4 Å². The molecule has 106 valence electrons. The molecule has 2 aromatic rings. The number of aryl methyl sites for hydroxylation is 1. The summed E-state index contributed by atoms with van der Waals surface area (Å²) in [5.74, 6) is 1.44. The minimum atomic E-state index is 0.500. The molecule has 0 atom stereocenters. The van der Waals surface area contributed by atoms with Crippen LogP contribution in [-0.2, 0) is 6.61 Å². The van der Waals surface area contributed by atoms with E-state index in [1.165, 1.54) is 5.56 Å². The lowest BCUT2D eigenvalue weighted by Crippen LogP contribution is -1.99. The van der Waals surface area contributed by atoms with E-state index in [4.69, 9.17) is 10.5 Å². The van der Waals surface area contributed by atoms with E-state index in [0.717, 1.165) is 27.0 Å². The average molecular weight is 334 g/mol. The van der Waals surface area contributed by atoms with Crippen molar-refractivity contribution in [2.24, 2.45) is 0 Å². The third-order valence-electron chi connectivity index (χ3n) is 3.25. The predicted molar refractivity (Wildman–Crippen MR) is 88.2 cm³/mol. The first-order valence-corrected chi connectivity index (χ1v) is 7.53. The SMILES string of the molecule is Cc1ccc(C(C)C)cc1OCc1cc(N)cc(Br)c1. The van der Waals surface area contributed by atoms with E-state index in [2.05, 4.69) is 54.9 Å². The van der Waals surface area contributed by atoms with Gasteiger partial charge in [0.05, 0.1) is 0 Å². The van der Waals surface area contributed by atoms with Crippen molar-refractivity contribution < 1.29 is 4.74 Å². The highest BCUT2D eigenvalue weighted by atomic mass is 79.9. The minimum Gasteiger partial charge on any atom is -0.489 e. The standard InChI is InChI=1S/C17H20BrNO/c1-11(2)14-5-4-12(3)17(8-14)20-10-13-6-15(18)9-16(19)7-13/h4-9,11H,10,19H2,1-3H3. The summed E-state index contributed by atoms with van der Waals surface area (Å²) in [6, 6.07) is 12.2. The van der Waals surface area contributed by atoms with E-state index in [9.17, 15) is 0 Å². The second-order valence-electron chi connectivity index (χ2n) is 5.36. The Morgan fingerprint density at radius 1 is 1.15 bits per heavy atom. The molecule has 0 unspecified atom stereocenters. The quantitative estimate of drug-likeness (QED) is 0.795. The fraction of sp³-hybridized carbons (Fsp3) is 0.294. The summed E-state index contributed by atoms with van der Waals surface area (Å²) >= 11 is 3.45. The number of benzene rings is 2. The molecular formula is C17H20BrNO. The number of ether oxygens (including phenoxy) is 1. The Bertz CT molecular complexity index is 588. The van der Waals surface area contributed by atoms with Crippen molar-refractivity contribution in [2.75, 3.05) is 5.73 Å². The van der Waals surface area contributed by atoms with E-state index in [-0.39, 0.29) is 0 Å². The van der Waals surface area contributed by atoms with Gasteiger partial charge in [-0.2, -0.15) is 0 Å². The Morgan fingerprint density at radius 3 is 2.55 bits per heavy atom. The van der Waals surface area contributed by atoms with Crippen LogP contribution in [0.15, 0.2) is 40.9 Å². The van der Waals surface area contributed by atoms with Crippen LogP contribution < -0.4 is 10.5 Å². The van der Waals surface area contributed by atoms with Crippen LogP contribution in [-0.4, -0.2) is 0 Å². The Hall–Kier alpha value is -1.48. The molecule has 0 bridgehead atoms. The van der Waals surface area contributed by atoms with Gasteiger partial charge in [-0.15, -0.1) is 0 Å². The molecule has 0 spiro atoms. The topological polar surface area (TPSA) is 35.2 Å². The van der Waals surface area contributed by atoms with Gasteiger partial charge in [-0.1, -0.05) is 41.9 Å². The van der Waals surface area contributed by atoms with Crippen molar-refractivity contribution in [2.45, 2.75) is 33.3 Å². The maximum atomic E-state index is 5.95. The lowest BCUT2D eigenvalue weighted by atomic mass is 10.0. The second kappa shape index (κ2) is 6.31. The van der Waals surface area contributed by atoms with E-state index in [1.54, 1.807) is 0 Å². The molecule has 2 rings (SSSR count). The summed E-state index contributed by atoms with van der Waals surface area (Å²) in [5, 5.41) is 0. The van der Waals surface area contributed by atoms with Gasteiger partial charge in [0.25, 0.3) is 0 Å². The molecule has 0 aliphatic heterocycles. The number of hydrogen-bond acceptors (Lipinski definition) is 2. The Morgan fingerprint density at radius 2 is 1.90 bits per heavy atom. The van der Waals surface area contributed by atoms with Crippen molar-refractivity contribution in [1.82, 2.24) is 0 Å². The zero-order valence-corrected chi connectivity index (χ0v) is 13.7.